The molecule has 0 saturated heterocycles. The quantitative estimate of drug-likeness (QED) is 0.756. The van der Waals surface area contributed by atoms with Gasteiger partial charge < -0.3 is 4.74 Å². The summed E-state index contributed by atoms with van der Waals surface area (Å²) in [7, 11) is -1.93. The molecular weight excluding hydrogens is 369 g/mol. The number of benzene rings is 2. The van der Waals surface area contributed by atoms with Gasteiger partial charge in [-0.25, -0.2) is 13.1 Å². The number of halogens is 2. The molecule has 2 aromatic rings. The largest absolute Gasteiger partial charge is 0.497 e. The average molecular weight is 388 g/mol. The maximum Gasteiger partial charge on any atom is 0.216 e. The van der Waals surface area contributed by atoms with Crippen molar-refractivity contribution < 1.29 is 13.2 Å². The summed E-state index contributed by atoms with van der Waals surface area (Å²) in [6.07, 6.45) is 0.632. The van der Waals surface area contributed by atoms with E-state index in [1.165, 1.54) is 0 Å². The first-order valence-electron chi connectivity index (χ1n) is 7.42. The number of rotatable bonds is 7. The minimum absolute atomic E-state index is 0.156. The fourth-order valence-electron chi connectivity index (χ4n) is 2.33. The maximum absolute atomic E-state index is 12.5. The molecule has 2 aromatic carbocycles. The molecule has 0 radical (unpaired) electrons. The van der Waals surface area contributed by atoms with E-state index in [9.17, 15) is 8.42 Å². The molecule has 130 valence electrons. The lowest BCUT2D eigenvalue weighted by atomic mass is 10.1. The van der Waals surface area contributed by atoms with Crippen LogP contribution in [0.4, 0.5) is 0 Å². The van der Waals surface area contributed by atoms with Crippen LogP contribution in [0.1, 0.15) is 30.5 Å². The van der Waals surface area contributed by atoms with Crippen molar-refractivity contribution in [3.05, 3.63) is 63.6 Å². The molecule has 4 nitrogen and oxygen atoms in total. The van der Waals surface area contributed by atoms with Crippen LogP contribution in [-0.4, -0.2) is 15.5 Å². The first-order valence-corrected chi connectivity index (χ1v) is 9.83. The van der Waals surface area contributed by atoms with Gasteiger partial charge in [-0.05, 0) is 41.8 Å². The van der Waals surface area contributed by atoms with E-state index in [4.69, 9.17) is 27.9 Å². The normalized spacial score (nSPS) is 12.8. The monoisotopic (exact) mass is 387 g/mol. The molecule has 0 unspecified atom stereocenters. The van der Waals surface area contributed by atoms with Crippen LogP contribution < -0.4 is 9.46 Å². The van der Waals surface area contributed by atoms with E-state index >= 15 is 0 Å². The van der Waals surface area contributed by atoms with Crippen molar-refractivity contribution in [3.63, 3.8) is 0 Å². The zero-order valence-corrected chi connectivity index (χ0v) is 15.8. The smallest absolute Gasteiger partial charge is 0.216 e. The number of ether oxygens (including phenoxy) is 1. The van der Waals surface area contributed by atoms with Crippen LogP contribution in [0.25, 0.3) is 0 Å². The Labute approximate surface area is 152 Å². The van der Waals surface area contributed by atoms with Gasteiger partial charge in [0.1, 0.15) is 5.75 Å². The van der Waals surface area contributed by atoms with Gasteiger partial charge >= 0.3 is 0 Å². The van der Waals surface area contributed by atoms with Crippen LogP contribution in [0.2, 0.25) is 10.0 Å². The molecule has 0 saturated carbocycles. The Hall–Kier alpha value is -1.27. The average Bonchev–Trinajstić information content (AvgIpc) is 2.56. The van der Waals surface area contributed by atoms with E-state index in [1.807, 2.05) is 31.2 Å². The lowest BCUT2D eigenvalue weighted by molar-refractivity contribution is 0.414. The fraction of sp³-hybridized carbons (Fsp3) is 0.294. The first-order chi connectivity index (χ1) is 11.3. The van der Waals surface area contributed by atoms with Crippen molar-refractivity contribution >= 4 is 33.2 Å². The van der Waals surface area contributed by atoms with Crippen molar-refractivity contribution in [1.29, 1.82) is 0 Å². The summed E-state index contributed by atoms with van der Waals surface area (Å²) >= 11 is 11.8. The van der Waals surface area contributed by atoms with Gasteiger partial charge in [-0.3, -0.25) is 0 Å². The van der Waals surface area contributed by atoms with Crippen LogP contribution in [0.15, 0.2) is 42.5 Å². The van der Waals surface area contributed by atoms with Gasteiger partial charge in [0.2, 0.25) is 10.0 Å². The molecular formula is C17H19Cl2NO3S. The number of hydrogen-bond acceptors (Lipinski definition) is 3. The summed E-state index contributed by atoms with van der Waals surface area (Å²) < 4.78 is 32.8. The van der Waals surface area contributed by atoms with Gasteiger partial charge in [-0.1, -0.05) is 48.3 Å². The molecule has 0 aliphatic rings. The van der Waals surface area contributed by atoms with Gasteiger partial charge in [-0.15, -0.1) is 0 Å². The van der Waals surface area contributed by atoms with Crippen LogP contribution >= 0.6 is 23.2 Å². The van der Waals surface area contributed by atoms with Gasteiger partial charge in [0.25, 0.3) is 0 Å². The van der Waals surface area contributed by atoms with Gasteiger partial charge in [0, 0.05) is 6.04 Å². The summed E-state index contributed by atoms with van der Waals surface area (Å²) in [5.74, 6) is 0.573. The second-order valence-electron chi connectivity index (χ2n) is 5.36. The van der Waals surface area contributed by atoms with E-state index in [1.54, 1.807) is 25.3 Å². The lowest BCUT2D eigenvalue weighted by Crippen LogP contribution is -2.29. The first kappa shape index (κ1) is 19.1. The van der Waals surface area contributed by atoms with Crippen LogP contribution in [0, 0.1) is 0 Å². The Bertz CT molecular complexity index is 792. The maximum atomic E-state index is 12.5. The SMILES string of the molecule is CC[C@@H](NS(=O)(=O)Cc1ccc(Cl)c(Cl)c1)c1ccc(OC)cc1. The van der Waals surface area contributed by atoms with Gasteiger partial charge in [0.05, 0.1) is 22.9 Å². The Balaban J connectivity index is 2.14. The van der Waals surface area contributed by atoms with Crippen molar-refractivity contribution in [2.75, 3.05) is 7.11 Å². The highest BCUT2D eigenvalue weighted by Gasteiger charge is 2.19. The Morgan fingerprint density at radius 3 is 2.29 bits per heavy atom. The summed E-state index contributed by atoms with van der Waals surface area (Å²) in [6, 6.07) is 11.8. The Morgan fingerprint density at radius 1 is 1.08 bits per heavy atom. The predicted molar refractivity (Wildman–Crippen MR) is 98.2 cm³/mol. The number of methoxy groups -OCH3 is 1. The lowest BCUT2D eigenvalue weighted by Gasteiger charge is -2.18. The third-order valence-electron chi connectivity index (χ3n) is 3.59. The molecule has 0 fully saturated rings. The Morgan fingerprint density at radius 2 is 1.75 bits per heavy atom. The third kappa shape index (κ3) is 5.11. The Kier molecular flexibility index (Phi) is 6.52. The molecule has 0 aliphatic heterocycles. The second kappa shape index (κ2) is 8.21. The van der Waals surface area contributed by atoms with E-state index < -0.39 is 10.0 Å². The minimum atomic E-state index is -3.52. The standard InChI is InChI=1S/C17H19Cl2NO3S/c1-3-17(13-5-7-14(23-2)8-6-13)20-24(21,22)11-12-4-9-15(18)16(19)10-12/h4-10,17,20H,3,11H2,1-2H3/t17-/m1/s1. The van der Waals surface area contributed by atoms with Crippen molar-refractivity contribution in [3.8, 4) is 5.75 Å². The van der Waals surface area contributed by atoms with Gasteiger partial charge in [0.15, 0.2) is 0 Å². The third-order valence-corrected chi connectivity index (χ3v) is 5.68. The molecule has 0 amide bonds. The zero-order chi connectivity index (χ0) is 17.7. The number of nitrogens with one attached hydrogen (secondary N) is 1. The van der Waals surface area contributed by atoms with Crippen LogP contribution in [-0.2, 0) is 15.8 Å². The highest BCUT2D eigenvalue weighted by molar-refractivity contribution is 7.88. The molecule has 2 rings (SSSR count). The molecule has 1 atom stereocenters. The van der Waals surface area contributed by atoms with E-state index in [0.29, 0.717) is 22.0 Å². The van der Waals surface area contributed by atoms with Gasteiger partial charge in [-0.2, -0.15) is 0 Å². The number of sulfonamides is 1. The molecule has 0 spiro atoms. The highest BCUT2D eigenvalue weighted by Crippen LogP contribution is 2.25. The predicted octanol–water partition coefficient (Wildman–Crippen LogP) is 4.57. The molecule has 0 aliphatic carbocycles. The molecule has 1 N–H and O–H groups in total. The molecule has 7 heteroatoms. The fourth-order valence-corrected chi connectivity index (χ4v) is 4.09. The minimum Gasteiger partial charge on any atom is -0.497 e. The van der Waals surface area contributed by atoms with Crippen molar-refractivity contribution in [1.82, 2.24) is 4.72 Å². The zero-order valence-electron chi connectivity index (χ0n) is 13.4. The number of hydrogen-bond donors (Lipinski definition) is 1. The van der Waals surface area contributed by atoms with Crippen LogP contribution in [0.5, 0.6) is 5.75 Å². The topological polar surface area (TPSA) is 55.4 Å². The van der Waals surface area contributed by atoms with E-state index in [-0.39, 0.29) is 11.8 Å². The summed E-state index contributed by atoms with van der Waals surface area (Å²) in [6.45, 7) is 1.93. The molecule has 0 heterocycles. The summed E-state index contributed by atoms with van der Waals surface area (Å²) in [5.41, 5.74) is 1.47. The molecule has 0 bridgehead atoms. The molecule has 0 aromatic heterocycles. The molecule has 24 heavy (non-hydrogen) atoms. The van der Waals surface area contributed by atoms with E-state index in [2.05, 4.69) is 4.72 Å². The van der Waals surface area contributed by atoms with E-state index in [0.717, 1.165) is 11.3 Å². The highest BCUT2D eigenvalue weighted by atomic mass is 35.5. The van der Waals surface area contributed by atoms with Crippen LogP contribution in [0.3, 0.4) is 0 Å². The summed E-state index contributed by atoms with van der Waals surface area (Å²) in [4.78, 5) is 0. The second-order valence-corrected chi connectivity index (χ2v) is 7.93. The van der Waals surface area contributed by atoms with Crippen molar-refractivity contribution in [2.24, 2.45) is 0 Å². The van der Waals surface area contributed by atoms with Crippen molar-refractivity contribution in [2.45, 2.75) is 25.1 Å². The summed E-state index contributed by atoms with van der Waals surface area (Å²) in [5, 5.41) is 0.738.